The molecule has 0 aromatic heterocycles. The molecule has 1 saturated carbocycles. The average Bonchev–Trinajstić information content (AvgIpc) is 3.10. The van der Waals surface area contributed by atoms with Gasteiger partial charge in [0.2, 0.25) is 0 Å². The molecule has 7 heteroatoms. The van der Waals surface area contributed by atoms with E-state index < -0.39 is 16.6 Å². The second kappa shape index (κ2) is 4.80. The lowest BCUT2D eigenvalue weighted by molar-refractivity contribution is -0.384. The Bertz CT molecular complexity index is 467. The lowest BCUT2D eigenvalue weighted by Crippen LogP contribution is -2.45. The van der Waals surface area contributed by atoms with Crippen LogP contribution >= 0.6 is 0 Å². The lowest BCUT2D eigenvalue weighted by Gasteiger charge is -2.20. The summed E-state index contributed by atoms with van der Waals surface area (Å²) < 4.78 is 37.9. The summed E-state index contributed by atoms with van der Waals surface area (Å²) in [5.41, 5.74) is -0.949. The minimum absolute atomic E-state index is 0.0225. The fraction of sp³-hybridized carbons (Fsp3) is 0.500. The molecule has 0 atom stereocenters. The molecule has 1 aliphatic rings. The SMILES string of the molecule is O=[N+]([O-])c1ccc(CCNC2(C(F)(F)F)CC2)cc1. The van der Waals surface area contributed by atoms with E-state index in [9.17, 15) is 23.3 Å². The van der Waals surface area contributed by atoms with Crippen molar-refractivity contribution in [1.29, 1.82) is 0 Å². The van der Waals surface area contributed by atoms with E-state index >= 15 is 0 Å². The van der Waals surface area contributed by atoms with Crippen molar-refractivity contribution in [2.75, 3.05) is 6.54 Å². The second-order valence-corrected chi connectivity index (χ2v) is 4.68. The van der Waals surface area contributed by atoms with Crippen LogP contribution in [0, 0.1) is 10.1 Å². The van der Waals surface area contributed by atoms with Crippen LogP contribution in [0.15, 0.2) is 24.3 Å². The van der Waals surface area contributed by atoms with Gasteiger partial charge in [0.25, 0.3) is 5.69 Å². The minimum Gasteiger partial charge on any atom is -0.303 e. The molecular weight excluding hydrogens is 261 g/mol. The predicted molar refractivity (Wildman–Crippen MR) is 62.8 cm³/mol. The number of nitro groups is 1. The highest BCUT2D eigenvalue weighted by Gasteiger charge is 2.62. The van der Waals surface area contributed by atoms with Gasteiger partial charge in [0.15, 0.2) is 0 Å². The summed E-state index contributed by atoms with van der Waals surface area (Å²) in [7, 11) is 0. The first kappa shape index (κ1) is 13.8. The molecule has 4 nitrogen and oxygen atoms in total. The Balaban J connectivity index is 1.85. The summed E-state index contributed by atoms with van der Waals surface area (Å²) in [6.07, 6.45) is -3.55. The number of rotatable bonds is 5. The van der Waals surface area contributed by atoms with Gasteiger partial charge in [-0.25, -0.2) is 0 Å². The molecule has 0 bridgehead atoms. The number of nitrogens with zero attached hydrogens (tertiary/aromatic N) is 1. The van der Waals surface area contributed by atoms with Crippen molar-refractivity contribution in [3.63, 3.8) is 0 Å². The van der Waals surface area contributed by atoms with Crippen molar-refractivity contribution in [1.82, 2.24) is 5.32 Å². The molecule has 0 aliphatic heterocycles. The maximum Gasteiger partial charge on any atom is 0.406 e. The standard InChI is InChI=1S/C12H13F3N2O2/c13-12(14,15)11(6-7-11)16-8-5-9-1-3-10(4-2-9)17(18)19/h1-4,16H,5-8H2. The third-order valence-electron chi connectivity index (χ3n) is 3.32. The molecule has 0 spiro atoms. The number of benzene rings is 1. The largest absolute Gasteiger partial charge is 0.406 e. The first-order valence-corrected chi connectivity index (χ1v) is 5.89. The van der Waals surface area contributed by atoms with Gasteiger partial charge < -0.3 is 5.32 Å². The van der Waals surface area contributed by atoms with Crippen LogP contribution in [-0.4, -0.2) is 23.2 Å². The number of alkyl halides is 3. The molecule has 2 rings (SSSR count). The number of non-ortho nitro benzene ring substituents is 1. The summed E-state index contributed by atoms with van der Waals surface area (Å²) in [6, 6.07) is 5.83. The van der Waals surface area contributed by atoms with E-state index in [1.54, 1.807) is 12.1 Å². The molecule has 0 heterocycles. The van der Waals surface area contributed by atoms with Gasteiger partial charge >= 0.3 is 6.18 Å². The Hall–Kier alpha value is -1.63. The Labute approximate surface area is 107 Å². The summed E-state index contributed by atoms with van der Waals surface area (Å²) >= 11 is 0. The van der Waals surface area contributed by atoms with Crippen molar-refractivity contribution in [3.05, 3.63) is 39.9 Å². The average molecular weight is 274 g/mol. The monoisotopic (exact) mass is 274 g/mol. The molecular formula is C12H13F3N2O2. The second-order valence-electron chi connectivity index (χ2n) is 4.68. The number of hydrogen-bond acceptors (Lipinski definition) is 3. The highest BCUT2D eigenvalue weighted by atomic mass is 19.4. The summed E-state index contributed by atoms with van der Waals surface area (Å²) in [5.74, 6) is 0. The summed E-state index contributed by atoms with van der Waals surface area (Å²) in [4.78, 5) is 9.94. The lowest BCUT2D eigenvalue weighted by atomic mass is 10.1. The molecule has 0 radical (unpaired) electrons. The summed E-state index contributed by atoms with van der Waals surface area (Å²) in [6.45, 7) is 0.206. The van der Waals surface area contributed by atoms with Crippen LogP contribution in [0.3, 0.4) is 0 Å². The van der Waals surface area contributed by atoms with Crippen LogP contribution in [-0.2, 0) is 6.42 Å². The van der Waals surface area contributed by atoms with Crippen LogP contribution in [0.25, 0.3) is 0 Å². The van der Waals surface area contributed by atoms with Crippen LogP contribution in [0.2, 0.25) is 0 Å². The molecule has 1 fully saturated rings. The molecule has 1 aliphatic carbocycles. The highest BCUT2D eigenvalue weighted by molar-refractivity contribution is 5.33. The first-order chi connectivity index (χ1) is 8.84. The van der Waals surface area contributed by atoms with Gasteiger partial charge in [-0.15, -0.1) is 0 Å². The maximum atomic E-state index is 12.6. The molecule has 1 aromatic carbocycles. The van der Waals surface area contributed by atoms with Gasteiger partial charge in [0, 0.05) is 12.1 Å². The van der Waals surface area contributed by atoms with E-state index in [2.05, 4.69) is 5.32 Å². The Morgan fingerprint density at radius 2 is 1.84 bits per heavy atom. The predicted octanol–water partition coefficient (Wildman–Crippen LogP) is 2.82. The van der Waals surface area contributed by atoms with Crippen molar-refractivity contribution < 1.29 is 18.1 Å². The van der Waals surface area contributed by atoms with Crippen LogP contribution in [0.5, 0.6) is 0 Å². The molecule has 1 N–H and O–H groups in total. The third kappa shape index (κ3) is 3.04. The van der Waals surface area contributed by atoms with Crippen molar-refractivity contribution in [2.45, 2.75) is 31.0 Å². The Kier molecular flexibility index (Phi) is 3.49. The van der Waals surface area contributed by atoms with E-state index in [1.165, 1.54) is 12.1 Å². The van der Waals surface area contributed by atoms with Crippen LogP contribution < -0.4 is 5.32 Å². The van der Waals surface area contributed by atoms with Gasteiger partial charge in [-0.1, -0.05) is 12.1 Å². The molecule has 0 unspecified atom stereocenters. The molecule has 0 amide bonds. The Morgan fingerprint density at radius 1 is 1.26 bits per heavy atom. The topological polar surface area (TPSA) is 55.2 Å². The van der Waals surface area contributed by atoms with Crippen LogP contribution in [0.4, 0.5) is 18.9 Å². The molecule has 104 valence electrons. The first-order valence-electron chi connectivity index (χ1n) is 5.89. The van der Waals surface area contributed by atoms with Gasteiger partial charge in [0.1, 0.15) is 5.54 Å². The maximum absolute atomic E-state index is 12.6. The molecule has 0 saturated heterocycles. The van der Waals surface area contributed by atoms with E-state index in [-0.39, 0.29) is 25.1 Å². The number of halogens is 3. The fourth-order valence-corrected chi connectivity index (χ4v) is 1.92. The number of nitro benzene ring substituents is 1. The highest BCUT2D eigenvalue weighted by Crippen LogP contribution is 2.48. The van der Waals surface area contributed by atoms with Gasteiger partial charge in [-0.3, -0.25) is 10.1 Å². The van der Waals surface area contributed by atoms with Crippen LogP contribution in [0.1, 0.15) is 18.4 Å². The minimum atomic E-state index is -4.21. The third-order valence-corrected chi connectivity index (χ3v) is 3.32. The van der Waals surface area contributed by atoms with Gasteiger partial charge in [-0.2, -0.15) is 13.2 Å². The van der Waals surface area contributed by atoms with Crippen molar-refractivity contribution >= 4 is 5.69 Å². The van der Waals surface area contributed by atoms with E-state index in [0.717, 1.165) is 5.56 Å². The fourth-order valence-electron chi connectivity index (χ4n) is 1.92. The molecule has 1 aromatic rings. The zero-order valence-electron chi connectivity index (χ0n) is 10.0. The Morgan fingerprint density at radius 3 is 2.26 bits per heavy atom. The van der Waals surface area contributed by atoms with Crippen molar-refractivity contribution in [3.8, 4) is 0 Å². The summed E-state index contributed by atoms with van der Waals surface area (Å²) in [5, 5.41) is 13.0. The quantitative estimate of drug-likeness (QED) is 0.663. The smallest absolute Gasteiger partial charge is 0.303 e. The van der Waals surface area contributed by atoms with Crippen molar-refractivity contribution in [2.24, 2.45) is 0 Å². The van der Waals surface area contributed by atoms with Gasteiger partial charge in [-0.05, 0) is 31.4 Å². The molecule has 19 heavy (non-hydrogen) atoms. The number of nitrogens with one attached hydrogen (secondary N) is 1. The van der Waals surface area contributed by atoms with E-state index in [0.29, 0.717) is 6.42 Å². The number of hydrogen-bond donors (Lipinski definition) is 1. The zero-order valence-corrected chi connectivity index (χ0v) is 10.0. The van der Waals surface area contributed by atoms with Gasteiger partial charge in [0.05, 0.1) is 4.92 Å². The van der Waals surface area contributed by atoms with E-state index in [4.69, 9.17) is 0 Å². The normalized spacial score (nSPS) is 17.2. The van der Waals surface area contributed by atoms with E-state index in [1.807, 2.05) is 0 Å². The zero-order chi connectivity index (χ0) is 14.1.